The molecule has 1 aromatic carbocycles. The van der Waals surface area contributed by atoms with E-state index in [0.717, 1.165) is 30.9 Å². The number of esters is 3. The first-order chi connectivity index (χ1) is 17.6. The summed E-state index contributed by atoms with van der Waals surface area (Å²) >= 11 is 0. The fourth-order valence-electron chi connectivity index (χ4n) is 3.71. The minimum Gasteiger partial charge on any atom is -0.456 e. The molecule has 2 aromatic rings. The van der Waals surface area contributed by atoms with Gasteiger partial charge in [0.2, 0.25) is 11.6 Å². The Hall–Kier alpha value is -4.33. The highest BCUT2D eigenvalue weighted by atomic mass is 16.6. The number of carbonyl (C=O) groups is 3. The summed E-state index contributed by atoms with van der Waals surface area (Å²) in [4.78, 5) is 63.9. The van der Waals surface area contributed by atoms with Crippen LogP contribution in [0.15, 0.2) is 40.3 Å². The molecule has 14 heteroatoms. The van der Waals surface area contributed by atoms with E-state index in [1.54, 1.807) is 0 Å². The standard InChI is InChI=1S/C23H27N5O9/c1-12(29)35-16-11-34-21(19(37-14(3)31)18(16)36-13(2)30)25-20-17(27-33)22(32)28(4)23(26-20)24-10-15-8-6-5-7-9-15/h5-9,16,18-19,21,25H,10-11H2,1-4H3,(H,24,26)/t16-,18+,19+,21+/m0/s1. The van der Waals surface area contributed by atoms with E-state index < -0.39 is 53.7 Å². The van der Waals surface area contributed by atoms with Crippen molar-refractivity contribution in [3.63, 3.8) is 0 Å². The van der Waals surface area contributed by atoms with Gasteiger partial charge in [0.25, 0.3) is 5.56 Å². The summed E-state index contributed by atoms with van der Waals surface area (Å²) < 4.78 is 22.6. The Morgan fingerprint density at radius 2 is 1.68 bits per heavy atom. The van der Waals surface area contributed by atoms with Gasteiger partial charge in [-0.3, -0.25) is 23.7 Å². The summed E-state index contributed by atoms with van der Waals surface area (Å²) in [5, 5.41) is 8.58. The summed E-state index contributed by atoms with van der Waals surface area (Å²) in [6.07, 6.45) is -4.95. The predicted octanol–water partition coefficient (Wildman–Crippen LogP) is 1.35. The monoisotopic (exact) mass is 517 g/mol. The maximum Gasteiger partial charge on any atom is 0.303 e. The van der Waals surface area contributed by atoms with Crippen molar-refractivity contribution in [3.05, 3.63) is 51.2 Å². The van der Waals surface area contributed by atoms with Crippen LogP contribution in [0.1, 0.15) is 26.3 Å². The average Bonchev–Trinajstić information content (AvgIpc) is 2.84. The summed E-state index contributed by atoms with van der Waals surface area (Å²) in [5.41, 5.74) is -0.392. The van der Waals surface area contributed by atoms with E-state index in [-0.39, 0.29) is 18.4 Å². The fourth-order valence-corrected chi connectivity index (χ4v) is 3.71. The Morgan fingerprint density at radius 3 is 2.27 bits per heavy atom. The van der Waals surface area contributed by atoms with E-state index in [2.05, 4.69) is 20.8 Å². The van der Waals surface area contributed by atoms with Gasteiger partial charge in [-0.25, -0.2) is 0 Å². The van der Waals surface area contributed by atoms with Crippen LogP contribution in [0.3, 0.4) is 0 Å². The van der Waals surface area contributed by atoms with Gasteiger partial charge < -0.3 is 29.6 Å². The molecule has 198 valence electrons. The lowest BCUT2D eigenvalue weighted by Crippen LogP contribution is -2.59. The molecule has 1 saturated heterocycles. The molecule has 0 bridgehead atoms. The second-order valence-electron chi connectivity index (χ2n) is 8.12. The molecule has 1 aromatic heterocycles. The SMILES string of the molecule is CC(=O)O[C@@H]1[C@H](OC(C)=O)[C@@H](OC(C)=O)CO[C@H]1Nc1nc(NCc2ccccc2)n(C)c(=O)c1N=O. The van der Waals surface area contributed by atoms with Gasteiger partial charge in [-0.05, 0) is 10.7 Å². The molecule has 3 rings (SSSR count). The molecule has 2 heterocycles. The molecule has 4 atom stereocenters. The third-order valence-corrected chi connectivity index (χ3v) is 5.28. The molecular formula is C23H27N5O9. The zero-order chi connectivity index (χ0) is 27.1. The highest BCUT2D eigenvalue weighted by Crippen LogP contribution is 2.28. The van der Waals surface area contributed by atoms with Crippen molar-refractivity contribution in [2.45, 2.75) is 51.9 Å². The van der Waals surface area contributed by atoms with Crippen LogP contribution in [0.5, 0.6) is 0 Å². The van der Waals surface area contributed by atoms with Crippen molar-refractivity contribution >= 4 is 35.4 Å². The fraction of sp³-hybridized carbons (Fsp3) is 0.435. The van der Waals surface area contributed by atoms with Gasteiger partial charge in [-0.1, -0.05) is 30.3 Å². The zero-order valence-corrected chi connectivity index (χ0v) is 20.6. The number of carbonyl (C=O) groups excluding carboxylic acids is 3. The Labute approximate surface area is 211 Å². The first kappa shape index (κ1) is 27.3. The molecule has 0 spiro atoms. The molecule has 1 aliphatic rings. The van der Waals surface area contributed by atoms with Crippen LogP contribution in [-0.2, 0) is 46.9 Å². The van der Waals surface area contributed by atoms with Gasteiger partial charge >= 0.3 is 17.9 Å². The Morgan fingerprint density at radius 1 is 1.05 bits per heavy atom. The number of anilines is 2. The average molecular weight is 517 g/mol. The van der Waals surface area contributed by atoms with Crippen LogP contribution in [-0.4, -0.2) is 58.6 Å². The number of nitrogens with one attached hydrogen (secondary N) is 2. The van der Waals surface area contributed by atoms with Crippen molar-refractivity contribution in [3.8, 4) is 0 Å². The quantitative estimate of drug-likeness (QED) is 0.278. The van der Waals surface area contributed by atoms with E-state index in [9.17, 15) is 24.1 Å². The van der Waals surface area contributed by atoms with E-state index in [1.165, 1.54) is 7.05 Å². The van der Waals surface area contributed by atoms with E-state index in [4.69, 9.17) is 18.9 Å². The number of nitrogens with zero attached hydrogens (tertiary/aromatic N) is 3. The second-order valence-corrected chi connectivity index (χ2v) is 8.12. The maximum absolute atomic E-state index is 12.8. The molecule has 0 aliphatic carbocycles. The highest BCUT2D eigenvalue weighted by Gasteiger charge is 2.47. The summed E-state index contributed by atoms with van der Waals surface area (Å²) in [7, 11) is 1.42. The van der Waals surface area contributed by atoms with E-state index in [1.807, 2.05) is 30.3 Å². The number of hydrogen-bond donors (Lipinski definition) is 2. The number of nitroso groups, excluding NO2 is 1. The molecule has 0 saturated carbocycles. The minimum absolute atomic E-state index is 0.109. The Balaban J connectivity index is 1.95. The smallest absolute Gasteiger partial charge is 0.303 e. The normalized spacial score (nSPS) is 20.9. The molecule has 1 fully saturated rings. The summed E-state index contributed by atoms with van der Waals surface area (Å²) in [6.45, 7) is 3.47. The van der Waals surface area contributed by atoms with E-state index >= 15 is 0 Å². The lowest BCUT2D eigenvalue weighted by atomic mass is 10.0. The van der Waals surface area contributed by atoms with Gasteiger partial charge in [-0.2, -0.15) is 4.98 Å². The van der Waals surface area contributed by atoms with Crippen molar-refractivity contribution in [1.82, 2.24) is 9.55 Å². The van der Waals surface area contributed by atoms with Crippen LogP contribution < -0.4 is 16.2 Å². The number of hydrogen-bond acceptors (Lipinski definition) is 13. The molecule has 2 N–H and O–H groups in total. The van der Waals surface area contributed by atoms with Crippen molar-refractivity contribution in [2.75, 3.05) is 17.2 Å². The highest BCUT2D eigenvalue weighted by molar-refractivity contribution is 5.69. The third-order valence-electron chi connectivity index (χ3n) is 5.28. The molecule has 14 nitrogen and oxygen atoms in total. The molecule has 0 amide bonds. The van der Waals surface area contributed by atoms with Crippen LogP contribution >= 0.6 is 0 Å². The molecular weight excluding hydrogens is 490 g/mol. The lowest BCUT2D eigenvalue weighted by molar-refractivity contribution is -0.221. The number of rotatable bonds is 9. The van der Waals surface area contributed by atoms with Crippen molar-refractivity contribution in [1.29, 1.82) is 0 Å². The molecule has 0 radical (unpaired) electrons. The van der Waals surface area contributed by atoms with Crippen LogP contribution in [0.25, 0.3) is 0 Å². The van der Waals surface area contributed by atoms with Gasteiger partial charge in [-0.15, -0.1) is 4.91 Å². The van der Waals surface area contributed by atoms with Crippen LogP contribution in [0, 0.1) is 4.91 Å². The van der Waals surface area contributed by atoms with Gasteiger partial charge in [0.15, 0.2) is 30.4 Å². The number of aromatic nitrogens is 2. The topological polar surface area (TPSA) is 177 Å². The first-order valence-corrected chi connectivity index (χ1v) is 11.2. The maximum atomic E-state index is 12.8. The van der Waals surface area contributed by atoms with Crippen LogP contribution in [0.2, 0.25) is 0 Å². The second kappa shape index (κ2) is 12.1. The molecule has 37 heavy (non-hydrogen) atoms. The number of benzene rings is 1. The first-order valence-electron chi connectivity index (χ1n) is 11.2. The Kier molecular flexibility index (Phi) is 8.90. The summed E-state index contributed by atoms with van der Waals surface area (Å²) in [5.74, 6) is -2.30. The molecule has 0 unspecified atom stereocenters. The predicted molar refractivity (Wildman–Crippen MR) is 129 cm³/mol. The zero-order valence-electron chi connectivity index (χ0n) is 20.6. The van der Waals surface area contributed by atoms with E-state index in [0.29, 0.717) is 6.54 Å². The Bertz CT molecular complexity index is 1220. The third kappa shape index (κ3) is 6.88. The summed E-state index contributed by atoms with van der Waals surface area (Å²) in [6, 6.07) is 9.32. The molecule has 1 aliphatic heterocycles. The van der Waals surface area contributed by atoms with Crippen LogP contribution in [0.4, 0.5) is 17.5 Å². The lowest BCUT2D eigenvalue weighted by Gasteiger charge is -2.40. The van der Waals surface area contributed by atoms with Gasteiger partial charge in [0.05, 0.1) is 6.61 Å². The van der Waals surface area contributed by atoms with Gasteiger partial charge in [0.1, 0.15) is 0 Å². The van der Waals surface area contributed by atoms with Gasteiger partial charge in [0, 0.05) is 34.4 Å². The van der Waals surface area contributed by atoms with Crippen molar-refractivity contribution < 1.29 is 33.3 Å². The number of ether oxygens (including phenoxy) is 4. The largest absolute Gasteiger partial charge is 0.456 e. The van der Waals surface area contributed by atoms with Crippen molar-refractivity contribution in [2.24, 2.45) is 12.2 Å². The minimum atomic E-state index is -1.34.